The summed E-state index contributed by atoms with van der Waals surface area (Å²) in [5.74, 6) is -0.925. The summed E-state index contributed by atoms with van der Waals surface area (Å²) >= 11 is 0. The van der Waals surface area contributed by atoms with E-state index in [2.05, 4.69) is 0 Å². The van der Waals surface area contributed by atoms with Crippen LogP contribution < -0.4 is 0 Å². The monoisotopic (exact) mass is 335 g/mol. The van der Waals surface area contributed by atoms with Gasteiger partial charge in [-0.25, -0.2) is 0 Å². The molecule has 3 atom stereocenters. The normalized spacial score (nSPS) is 29.4. The van der Waals surface area contributed by atoms with Crippen molar-refractivity contribution in [2.75, 3.05) is 26.7 Å². The van der Waals surface area contributed by atoms with Gasteiger partial charge in [-0.1, -0.05) is 0 Å². The number of hydrogen-bond acceptors (Lipinski definition) is 6. The van der Waals surface area contributed by atoms with Gasteiger partial charge in [-0.05, 0) is 6.08 Å². The first-order valence-corrected chi connectivity index (χ1v) is 8.40. The van der Waals surface area contributed by atoms with Gasteiger partial charge < -0.3 is 24.0 Å². The third-order valence-electron chi connectivity index (χ3n) is 3.40. The zero-order valence-corrected chi connectivity index (χ0v) is 12.8. The number of carbonyl (C=O) groups is 2. The zero-order chi connectivity index (χ0) is 16.3. The van der Waals surface area contributed by atoms with Gasteiger partial charge in [0.1, 0.15) is 12.5 Å². The lowest BCUT2D eigenvalue weighted by atomic mass is 10.0. The van der Waals surface area contributed by atoms with Gasteiger partial charge in [0.2, 0.25) is 5.91 Å². The highest BCUT2D eigenvalue weighted by Crippen LogP contribution is 2.35. The average Bonchev–Trinajstić information content (AvgIpc) is 2.80. The van der Waals surface area contributed by atoms with E-state index in [-0.39, 0.29) is 37.2 Å². The van der Waals surface area contributed by atoms with Crippen LogP contribution in [0.4, 0.5) is 0 Å². The van der Waals surface area contributed by atoms with E-state index in [4.69, 9.17) is 24.0 Å². The number of rotatable bonds is 6. The van der Waals surface area contributed by atoms with Crippen molar-refractivity contribution < 1.29 is 38.2 Å². The Morgan fingerprint density at radius 3 is 2.77 bits per heavy atom. The van der Waals surface area contributed by atoms with Gasteiger partial charge in [0.25, 0.3) is 0 Å². The van der Waals surface area contributed by atoms with E-state index in [1.807, 2.05) is 0 Å². The molecule has 124 valence electrons. The highest BCUT2D eigenvalue weighted by atomic mass is 31.2. The van der Waals surface area contributed by atoms with E-state index in [9.17, 15) is 14.2 Å². The van der Waals surface area contributed by atoms with E-state index in [1.54, 1.807) is 0 Å². The van der Waals surface area contributed by atoms with E-state index in [1.165, 1.54) is 24.3 Å². The van der Waals surface area contributed by atoms with E-state index in [0.717, 1.165) is 0 Å². The molecule has 0 radical (unpaired) electrons. The third-order valence-corrected chi connectivity index (χ3v) is 3.92. The lowest BCUT2D eigenvalue weighted by molar-refractivity contribution is -0.146. The van der Waals surface area contributed by atoms with Crippen molar-refractivity contribution >= 4 is 19.3 Å². The van der Waals surface area contributed by atoms with Crippen molar-refractivity contribution in [3.05, 3.63) is 12.3 Å². The molecule has 0 spiro atoms. The average molecular weight is 335 g/mol. The van der Waals surface area contributed by atoms with Gasteiger partial charge in [-0.3, -0.25) is 19.1 Å². The van der Waals surface area contributed by atoms with Crippen LogP contribution in [0.2, 0.25) is 0 Å². The van der Waals surface area contributed by atoms with Gasteiger partial charge in [-0.15, -0.1) is 0 Å². The molecule has 0 aromatic carbocycles. The Balaban J connectivity index is 1.97. The van der Waals surface area contributed by atoms with Crippen molar-refractivity contribution in [1.82, 2.24) is 4.90 Å². The molecule has 2 aliphatic heterocycles. The SMILES string of the molecule is CO[C@@H]1[C@@H](COCP(=O)(O)O)CO[C@H]1N1C=CC(=O)CC1=O. The molecule has 0 aliphatic carbocycles. The number of allylic oxidation sites excluding steroid dienone is 1. The summed E-state index contributed by atoms with van der Waals surface area (Å²) in [6.07, 6.45) is 0.566. The lowest BCUT2D eigenvalue weighted by Crippen LogP contribution is -2.46. The molecule has 0 unspecified atom stereocenters. The first kappa shape index (κ1) is 17.3. The predicted octanol–water partition coefficient (Wildman–Crippen LogP) is -0.559. The van der Waals surface area contributed by atoms with Gasteiger partial charge in [-0.2, -0.15) is 0 Å². The Labute approximate surface area is 127 Å². The minimum atomic E-state index is -4.23. The molecule has 0 aromatic heterocycles. The van der Waals surface area contributed by atoms with Crippen molar-refractivity contribution in [1.29, 1.82) is 0 Å². The quantitative estimate of drug-likeness (QED) is 0.489. The minimum absolute atomic E-state index is 0.0325. The van der Waals surface area contributed by atoms with E-state index in [0.29, 0.717) is 0 Å². The molecule has 1 fully saturated rings. The largest absolute Gasteiger partial charge is 0.376 e. The van der Waals surface area contributed by atoms with Crippen molar-refractivity contribution in [3.63, 3.8) is 0 Å². The highest BCUT2D eigenvalue weighted by molar-refractivity contribution is 7.51. The molecule has 2 N–H and O–H groups in total. The number of ether oxygens (including phenoxy) is 3. The number of ketones is 1. The molecule has 0 bridgehead atoms. The summed E-state index contributed by atoms with van der Waals surface area (Å²) < 4.78 is 26.6. The van der Waals surface area contributed by atoms with Crippen LogP contribution in [0, 0.1) is 5.92 Å². The van der Waals surface area contributed by atoms with Crippen LogP contribution in [0.15, 0.2) is 12.3 Å². The number of nitrogens with zero attached hydrogens (tertiary/aromatic N) is 1. The summed E-state index contributed by atoms with van der Waals surface area (Å²) in [4.78, 5) is 41.9. The fourth-order valence-corrected chi connectivity index (χ4v) is 2.77. The molecule has 1 amide bonds. The molecule has 10 heteroatoms. The van der Waals surface area contributed by atoms with Crippen LogP contribution in [-0.4, -0.2) is 65.4 Å². The van der Waals surface area contributed by atoms with Crippen LogP contribution in [0.3, 0.4) is 0 Å². The smallest absolute Gasteiger partial charge is 0.350 e. The maximum atomic E-state index is 11.9. The Bertz CT molecular complexity index is 515. The molecule has 0 saturated carbocycles. The van der Waals surface area contributed by atoms with Crippen LogP contribution in [0.1, 0.15) is 6.42 Å². The van der Waals surface area contributed by atoms with E-state index >= 15 is 0 Å². The maximum absolute atomic E-state index is 11.9. The van der Waals surface area contributed by atoms with Gasteiger partial charge in [0.15, 0.2) is 12.0 Å². The Kier molecular flexibility index (Phi) is 5.49. The molecule has 2 heterocycles. The van der Waals surface area contributed by atoms with Crippen molar-refractivity contribution in [2.45, 2.75) is 18.8 Å². The van der Waals surface area contributed by atoms with Crippen LogP contribution in [0.25, 0.3) is 0 Å². The van der Waals surface area contributed by atoms with Crippen LogP contribution in [-0.2, 0) is 28.4 Å². The summed E-state index contributed by atoms with van der Waals surface area (Å²) in [6.45, 7) is 0.251. The summed E-state index contributed by atoms with van der Waals surface area (Å²) in [6, 6.07) is 0. The first-order valence-electron chi connectivity index (χ1n) is 6.61. The van der Waals surface area contributed by atoms with Crippen LogP contribution in [0.5, 0.6) is 0 Å². The maximum Gasteiger partial charge on any atom is 0.350 e. The fourth-order valence-electron chi connectivity index (χ4n) is 2.43. The van der Waals surface area contributed by atoms with Crippen LogP contribution >= 0.6 is 7.60 Å². The Hall–Kier alpha value is -1.09. The lowest BCUT2D eigenvalue weighted by Gasteiger charge is -2.31. The Morgan fingerprint density at radius 2 is 2.18 bits per heavy atom. The summed E-state index contributed by atoms with van der Waals surface area (Å²) in [7, 11) is -2.78. The fraction of sp³-hybridized carbons (Fsp3) is 0.667. The third kappa shape index (κ3) is 4.22. The molecule has 1 saturated heterocycles. The highest BCUT2D eigenvalue weighted by Gasteiger charge is 2.43. The second-order valence-electron chi connectivity index (χ2n) is 5.11. The summed E-state index contributed by atoms with van der Waals surface area (Å²) in [5.41, 5.74) is 0. The number of amides is 1. The predicted molar refractivity (Wildman–Crippen MR) is 72.5 cm³/mol. The second kappa shape index (κ2) is 6.99. The van der Waals surface area contributed by atoms with Crippen molar-refractivity contribution in [3.8, 4) is 0 Å². The van der Waals surface area contributed by atoms with Gasteiger partial charge in [0, 0.05) is 19.2 Å². The number of carbonyl (C=O) groups excluding carboxylic acids is 2. The number of hydrogen-bond donors (Lipinski definition) is 2. The summed E-state index contributed by atoms with van der Waals surface area (Å²) in [5, 5.41) is 0. The molecule has 2 aliphatic rings. The molecular weight excluding hydrogens is 317 g/mol. The molecule has 22 heavy (non-hydrogen) atoms. The number of methoxy groups -OCH3 is 1. The Morgan fingerprint density at radius 1 is 1.45 bits per heavy atom. The van der Waals surface area contributed by atoms with Gasteiger partial charge >= 0.3 is 7.60 Å². The van der Waals surface area contributed by atoms with E-state index < -0.39 is 26.3 Å². The first-order chi connectivity index (χ1) is 10.3. The molecule has 2 rings (SSSR count). The molecule has 9 nitrogen and oxygen atoms in total. The van der Waals surface area contributed by atoms with Crippen molar-refractivity contribution in [2.24, 2.45) is 5.92 Å². The molecule has 0 aromatic rings. The van der Waals surface area contributed by atoms with Gasteiger partial charge in [0.05, 0.1) is 19.6 Å². The topological polar surface area (TPSA) is 123 Å². The standard InChI is InChI=1S/C12H18NO8P/c1-19-11-8(5-20-7-22(16,17)18)6-21-12(11)13-3-2-9(14)4-10(13)15/h2-3,8,11-12H,4-7H2,1H3,(H2,16,17,18)/t8-,11+,12+/m0/s1. The second-order valence-corrected chi connectivity index (χ2v) is 6.70. The minimum Gasteiger partial charge on any atom is -0.376 e. The molecular formula is C12H18NO8P. The zero-order valence-electron chi connectivity index (χ0n) is 12.0.